The van der Waals surface area contributed by atoms with E-state index in [0.717, 1.165) is 12.1 Å². The number of nitriles is 1. The van der Waals surface area contributed by atoms with E-state index in [1.165, 1.54) is 24.3 Å². The SMILES string of the molecule is N#Cc1c(-c2ccccc2OC(F)(F)F)ccc(F)c1[N+](=O)[O-]. The van der Waals surface area contributed by atoms with Crippen molar-refractivity contribution in [1.82, 2.24) is 0 Å². The quantitative estimate of drug-likeness (QED) is 0.482. The first kappa shape index (κ1) is 16.2. The number of benzene rings is 2. The number of ether oxygens (including phenoxy) is 1. The lowest BCUT2D eigenvalue weighted by molar-refractivity contribution is -0.387. The van der Waals surface area contributed by atoms with Gasteiger partial charge >= 0.3 is 12.0 Å². The van der Waals surface area contributed by atoms with Crippen molar-refractivity contribution in [1.29, 1.82) is 5.26 Å². The summed E-state index contributed by atoms with van der Waals surface area (Å²) in [6.45, 7) is 0. The number of rotatable bonds is 3. The molecule has 0 aliphatic heterocycles. The number of halogens is 4. The van der Waals surface area contributed by atoms with E-state index >= 15 is 0 Å². The van der Waals surface area contributed by atoms with Crippen molar-refractivity contribution in [3.05, 3.63) is 57.9 Å². The number of hydrogen-bond acceptors (Lipinski definition) is 4. The van der Waals surface area contributed by atoms with E-state index < -0.39 is 34.1 Å². The zero-order valence-corrected chi connectivity index (χ0v) is 11.1. The predicted molar refractivity (Wildman–Crippen MR) is 69.9 cm³/mol. The molecule has 5 nitrogen and oxygen atoms in total. The Morgan fingerprint density at radius 1 is 1.13 bits per heavy atom. The number of nitro benzene ring substituents is 1. The molecule has 0 aliphatic rings. The van der Waals surface area contributed by atoms with Crippen molar-refractivity contribution in [3.63, 3.8) is 0 Å². The van der Waals surface area contributed by atoms with Crippen LogP contribution in [-0.4, -0.2) is 11.3 Å². The van der Waals surface area contributed by atoms with Crippen molar-refractivity contribution in [2.75, 3.05) is 0 Å². The molecule has 23 heavy (non-hydrogen) atoms. The summed E-state index contributed by atoms with van der Waals surface area (Å²) in [5.41, 5.74) is -2.25. The maximum atomic E-state index is 13.6. The zero-order chi connectivity index (χ0) is 17.2. The predicted octanol–water partition coefficient (Wildman–Crippen LogP) is 4.17. The van der Waals surface area contributed by atoms with Crippen LogP contribution in [0.25, 0.3) is 11.1 Å². The Morgan fingerprint density at radius 3 is 2.35 bits per heavy atom. The van der Waals surface area contributed by atoms with Gasteiger partial charge in [-0.25, -0.2) is 0 Å². The van der Waals surface area contributed by atoms with Crippen molar-refractivity contribution in [2.45, 2.75) is 6.36 Å². The molecule has 0 unspecified atom stereocenters. The lowest BCUT2D eigenvalue weighted by Gasteiger charge is -2.14. The molecule has 0 aromatic heterocycles. The molecule has 0 bridgehead atoms. The number of nitrogens with zero attached hydrogens (tertiary/aromatic N) is 2. The van der Waals surface area contributed by atoms with Crippen LogP contribution >= 0.6 is 0 Å². The summed E-state index contributed by atoms with van der Waals surface area (Å²) in [5, 5.41) is 20.0. The summed E-state index contributed by atoms with van der Waals surface area (Å²) in [5.74, 6) is -1.91. The zero-order valence-electron chi connectivity index (χ0n) is 11.1. The maximum Gasteiger partial charge on any atom is 0.573 e. The second-order valence-electron chi connectivity index (χ2n) is 4.23. The summed E-state index contributed by atoms with van der Waals surface area (Å²) in [6.07, 6.45) is -4.99. The molecule has 0 heterocycles. The van der Waals surface area contributed by atoms with Gasteiger partial charge in [-0.2, -0.15) is 9.65 Å². The molecule has 0 saturated heterocycles. The van der Waals surface area contributed by atoms with Gasteiger partial charge in [-0.15, -0.1) is 13.2 Å². The molecule has 0 aliphatic carbocycles. The molecular formula is C14H6F4N2O3. The van der Waals surface area contributed by atoms with Crippen LogP contribution in [0.1, 0.15) is 5.56 Å². The molecule has 0 spiro atoms. The highest BCUT2D eigenvalue weighted by Crippen LogP contribution is 2.38. The van der Waals surface area contributed by atoms with Crippen molar-refractivity contribution in [3.8, 4) is 22.9 Å². The molecule has 2 aromatic rings. The smallest absolute Gasteiger partial charge is 0.405 e. The molecule has 0 N–H and O–H groups in total. The largest absolute Gasteiger partial charge is 0.573 e. The number of alkyl halides is 3. The fourth-order valence-corrected chi connectivity index (χ4v) is 1.98. The third-order valence-corrected chi connectivity index (χ3v) is 2.83. The van der Waals surface area contributed by atoms with Crippen LogP contribution in [0.15, 0.2) is 36.4 Å². The molecule has 0 saturated carbocycles. The minimum absolute atomic E-state index is 0.218. The van der Waals surface area contributed by atoms with E-state index in [0.29, 0.717) is 6.07 Å². The Kier molecular flexibility index (Phi) is 4.18. The Hall–Kier alpha value is -3.15. The van der Waals surface area contributed by atoms with Crippen LogP contribution in [-0.2, 0) is 0 Å². The van der Waals surface area contributed by atoms with Gasteiger partial charge in [-0.3, -0.25) is 10.1 Å². The van der Waals surface area contributed by atoms with Crippen molar-refractivity contribution < 1.29 is 27.2 Å². The molecule has 0 amide bonds. The third-order valence-electron chi connectivity index (χ3n) is 2.83. The Bertz CT molecular complexity index is 813. The van der Waals surface area contributed by atoms with E-state index in [2.05, 4.69) is 4.74 Å². The highest BCUT2D eigenvalue weighted by Gasteiger charge is 2.33. The van der Waals surface area contributed by atoms with Crippen LogP contribution < -0.4 is 4.74 Å². The third kappa shape index (κ3) is 3.37. The summed E-state index contributed by atoms with van der Waals surface area (Å²) >= 11 is 0. The number of para-hydroxylation sites is 1. The molecule has 0 radical (unpaired) electrons. The molecule has 9 heteroatoms. The Morgan fingerprint density at radius 2 is 1.78 bits per heavy atom. The summed E-state index contributed by atoms with van der Waals surface area (Å²) in [7, 11) is 0. The van der Waals surface area contributed by atoms with Crippen molar-refractivity contribution >= 4 is 5.69 Å². The van der Waals surface area contributed by atoms with Gasteiger partial charge in [-0.05, 0) is 18.2 Å². The summed E-state index contributed by atoms with van der Waals surface area (Å²) in [4.78, 5) is 9.80. The molecule has 118 valence electrons. The van der Waals surface area contributed by atoms with Crippen LogP contribution in [0.5, 0.6) is 5.75 Å². The minimum Gasteiger partial charge on any atom is -0.405 e. The van der Waals surface area contributed by atoms with E-state index in [1.54, 1.807) is 0 Å². The summed E-state index contributed by atoms with van der Waals surface area (Å²) < 4.78 is 54.7. The van der Waals surface area contributed by atoms with Crippen LogP contribution in [0, 0.1) is 27.3 Å². The lowest BCUT2D eigenvalue weighted by atomic mass is 9.98. The highest BCUT2D eigenvalue weighted by atomic mass is 19.4. The van der Waals surface area contributed by atoms with E-state index in [1.807, 2.05) is 0 Å². The molecule has 0 fully saturated rings. The monoisotopic (exact) mass is 326 g/mol. The van der Waals surface area contributed by atoms with Gasteiger partial charge in [0.2, 0.25) is 5.82 Å². The first-order chi connectivity index (χ1) is 10.7. The minimum atomic E-state index is -4.99. The van der Waals surface area contributed by atoms with E-state index in [9.17, 15) is 27.7 Å². The van der Waals surface area contributed by atoms with Gasteiger partial charge in [-0.1, -0.05) is 18.2 Å². The van der Waals surface area contributed by atoms with Gasteiger partial charge in [0.25, 0.3) is 0 Å². The molecule has 0 atom stereocenters. The molecule has 2 rings (SSSR count). The van der Waals surface area contributed by atoms with Gasteiger partial charge in [0.1, 0.15) is 17.4 Å². The van der Waals surface area contributed by atoms with Crippen molar-refractivity contribution in [2.24, 2.45) is 0 Å². The van der Waals surface area contributed by atoms with Gasteiger partial charge in [0.05, 0.1) is 4.92 Å². The second kappa shape index (κ2) is 5.92. The number of hydrogen-bond donors (Lipinski definition) is 0. The average Bonchev–Trinajstić information content (AvgIpc) is 2.45. The van der Waals surface area contributed by atoms with Gasteiger partial charge < -0.3 is 4.74 Å². The van der Waals surface area contributed by atoms with E-state index in [-0.39, 0.29) is 11.1 Å². The Balaban J connectivity index is 2.72. The number of nitro groups is 1. The molecule has 2 aromatic carbocycles. The maximum absolute atomic E-state index is 13.6. The van der Waals surface area contributed by atoms with Gasteiger partial charge in [0.15, 0.2) is 0 Å². The van der Waals surface area contributed by atoms with Crippen LogP contribution in [0.2, 0.25) is 0 Å². The van der Waals surface area contributed by atoms with E-state index in [4.69, 9.17) is 5.26 Å². The Labute approximate surface area is 126 Å². The first-order valence-corrected chi connectivity index (χ1v) is 5.96. The molecular weight excluding hydrogens is 320 g/mol. The normalized spacial score (nSPS) is 10.9. The first-order valence-electron chi connectivity index (χ1n) is 5.96. The highest BCUT2D eigenvalue weighted by molar-refractivity contribution is 5.79. The standard InChI is InChI=1S/C14H6F4N2O3/c15-11-6-5-8(10(7-19)13(11)20(21)22)9-3-1-2-4-12(9)23-14(16,17)18/h1-6H. The fraction of sp³-hybridized carbons (Fsp3) is 0.0714. The lowest BCUT2D eigenvalue weighted by Crippen LogP contribution is -2.17. The fourth-order valence-electron chi connectivity index (χ4n) is 1.98. The van der Waals surface area contributed by atoms with Gasteiger partial charge in [0, 0.05) is 11.1 Å². The second-order valence-corrected chi connectivity index (χ2v) is 4.23. The van der Waals surface area contributed by atoms with Crippen LogP contribution in [0.4, 0.5) is 23.2 Å². The average molecular weight is 326 g/mol. The van der Waals surface area contributed by atoms with Crippen LogP contribution in [0.3, 0.4) is 0 Å². The topological polar surface area (TPSA) is 76.2 Å². The summed E-state index contributed by atoms with van der Waals surface area (Å²) in [6, 6.07) is 7.93.